The summed E-state index contributed by atoms with van der Waals surface area (Å²) in [6, 6.07) is 5.37. The Morgan fingerprint density at radius 3 is 2.79 bits per heavy atom. The van der Waals surface area contributed by atoms with Gasteiger partial charge in [0.25, 0.3) is 0 Å². The average Bonchev–Trinajstić information content (AvgIpc) is 2.33. The number of benzene rings is 1. The van der Waals surface area contributed by atoms with E-state index in [9.17, 15) is 4.79 Å². The molecule has 0 aliphatic heterocycles. The molecule has 0 aromatic heterocycles. The van der Waals surface area contributed by atoms with Gasteiger partial charge in [0.15, 0.2) is 5.84 Å². The van der Waals surface area contributed by atoms with E-state index in [0.717, 1.165) is 24.8 Å². The van der Waals surface area contributed by atoms with Crippen molar-refractivity contribution in [3.8, 4) is 0 Å². The maximum absolute atomic E-state index is 11.8. The minimum Gasteiger partial charge on any atom is -0.409 e. The van der Waals surface area contributed by atoms with Crippen molar-refractivity contribution in [2.75, 3.05) is 5.32 Å². The molecule has 6 heteroatoms. The molecular weight excluding hydrogens is 244 g/mol. The third-order valence-electron chi connectivity index (χ3n) is 3.33. The van der Waals surface area contributed by atoms with Crippen molar-refractivity contribution in [3.05, 3.63) is 29.3 Å². The SMILES string of the molecule is Cc1cccc(NC(=O)NC2CCC2)c1/C(N)=N/O. The molecule has 102 valence electrons. The van der Waals surface area contributed by atoms with Crippen molar-refractivity contribution in [3.63, 3.8) is 0 Å². The predicted molar refractivity (Wildman–Crippen MR) is 73.5 cm³/mol. The number of urea groups is 1. The molecular formula is C13H18N4O2. The van der Waals surface area contributed by atoms with Gasteiger partial charge in [-0.2, -0.15) is 0 Å². The van der Waals surface area contributed by atoms with E-state index in [1.54, 1.807) is 6.07 Å². The van der Waals surface area contributed by atoms with Crippen LogP contribution in [0, 0.1) is 6.92 Å². The predicted octanol–water partition coefficient (Wildman–Crippen LogP) is 1.76. The van der Waals surface area contributed by atoms with Crippen LogP contribution < -0.4 is 16.4 Å². The zero-order chi connectivity index (χ0) is 13.8. The molecule has 1 fully saturated rings. The molecule has 0 unspecified atom stereocenters. The van der Waals surface area contributed by atoms with E-state index in [-0.39, 0.29) is 17.9 Å². The first-order valence-electron chi connectivity index (χ1n) is 6.27. The zero-order valence-electron chi connectivity index (χ0n) is 10.8. The molecule has 1 aliphatic rings. The number of aryl methyl sites for hydroxylation is 1. The lowest BCUT2D eigenvalue weighted by molar-refractivity contribution is 0.240. The number of rotatable bonds is 3. The average molecular weight is 262 g/mol. The maximum atomic E-state index is 11.8. The standard InChI is InChI=1S/C13H18N4O2/c1-8-4-2-7-10(11(8)12(14)17-19)16-13(18)15-9-5-3-6-9/h2,4,7,9,19H,3,5-6H2,1H3,(H2,14,17)(H2,15,16,18). The van der Waals surface area contributed by atoms with E-state index in [4.69, 9.17) is 10.9 Å². The second-order valence-corrected chi connectivity index (χ2v) is 4.71. The van der Waals surface area contributed by atoms with Crippen LogP contribution in [0.4, 0.5) is 10.5 Å². The molecule has 1 aliphatic carbocycles. The summed E-state index contributed by atoms with van der Waals surface area (Å²) < 4.78 is 0. The maximum Gasteiger partial charge on any atom is 0.319 e. The fourth-order valence-corrected chi connectivity index (χ4v) is 2.06. The summed E-state index contributed by atoms with van der Waals surface area (Å²) in [4.78, 5) is 11.8. The number of nitrogens with two attached hydrogens (primary N) is 1. The van der Waals surface area contributed by atoms with Gasteiger partial charge in [-0.15, -0.1) is 0 Å². The number of anilines is 1. The van der Waals surface area contributed by atoms with Crippen LogP contribution in [-0.4, -0.2) is 23.1 Å². The van der Waals surface area contributed by atoms with Gasteiger partial charge in [0.1, 0.15) is 0 Å². The van der Waals surface area contributed by atoms with Crippen LogP contribution in [0.5, 0.6) is 0 Å². The van der Waals surface area contributed by atoms with Crippen LogP contribution >= 0.6 is 0 Å². The third-order valence-corrected chi connectivity index (χ3v) is 3.33. The van der Waals surface area contributed by atoms with E-state index in [0.29, 0.717) is 11.3 Å². The lowest BCUT2D eigenvalue weighted by atomic mass is 9.93. The quantitative estimate of drug-likeness (QED) is 0.289. The number of hydrogen-bond donors (Lipinski definition) is 4. The van der Waals surface area contributed by atoms with Crippen LogP contribution in [0.25, 0.3) is 0 Å². The van der Waals surface area contributed by atoms with Crippen LogP contribution in [-0.2, 0) is 0 Å². The second-order valence-electron chi connectivity index (χ2n) is 4.71. The molecule has 6 nitrogen and oxygen atoms in total. The molecule has 0 bridgehead atoms. The first-order valence-corrected chi connectivity index (χ1v) is 6.27. The summed E-state index contributed by atoms with van der Waals surface area (Å²) in [5.41, 5.74) is 7.54. The number of amides is 2. The van der Waals surface area contributed by atoms with Crippen molar-refractivity contribution in [2.24, 2.45) is 10.9 Å². The van der Waals surface area contributed by atoms with Crippen molar-refractivity contribution < 1.29 is 10.0 Å². The Morgan fingerprint density at radius 1 is 1.47 bits per heavy atom. The van der Waals surface area contributed by atoms with Gasteiger partial charge in [-0.1, -0.05) is 17.3 Å². The summed E-state index contributed by atoms with van der Waals surface area (Å²) in [7, 11) is 0. The highest BCUT2D eigenvalue weighted by atomic mass is 16.4. The van der Waals surface area contributed by atoms with E-state index in [2.05, 4.69) is 15.8 Å². The van der Waals surface area contributed by atoms with Crippen molar-refractivity contribution in [1.29, 1.82) is 0 Å². The van der Waals surface area contributed by atoms with Crippen molar-refractivity contribution in [2.45, 2.75) is 32.2 Å². The van der Waals surface area contributed by atoms with Gasteiger partial charge in [0, 0.05) is 11.6 Å². The number of hydrogen-bond acceptors (Lipinski definition) is 3. The molecule has 2 rings (SSSR count). The Labute approximate surface area is 111 Å². The van der Waals surface area contributed by atoms with E-state index in [1.807, 2.05) is 19.1 Å². The van der Waals surface area contributed by atoms with Gasteiger partial charge in [-0.3, -0.25) is 0 Å². The molecule has 5 N–H and O–H groups in total. The molecule has 0 heterocycles. The normalized spacial score (nSPS) is 15.7. The minimum absolute atomic E-state index is 0.0166. The zero-order valence-corrected chi connectivity index (χ0v) is 10.8. The summed E-state index contributed by atoms with van der Waals surface area (Å²) in [5, 5.41) is 17.4. The molecule has 1 saturated carbocycles. The van der Waals surface area contributed by atoms with Gasteiger partial charge < -0.3 is 21.6 Å². The van der Waals surface area contributed by atoms with Gasteiger partial charge in [-0.05, 0) is 37.8 Å². The van der Waals surface area contributed by atoms with E-state index in [1.165, 1.54) is 0 Å². The lowest BCUT2D eigenvalue weighted by Gasteiger charge is -2.26. The van der Waals surface area contributed by atoms with Gasteiger partial charge >= 0.3 is 6.03 Å². The third kappa shape index (κ3) is 2.96. The molecule has 1 aromatic carbocycles. The highest BCUT2D eigenvalue weighted by Gasteiger charge is 2.20. The Bertz CT molecular complexity index is 509. The van der Waals surface area contributed by atoms with Crippen LogP contribution in [0.2, 0.25) is 0 Å². The van der Waals surface area contributed by atoms with Gasteiger partial charge in [0.2, 0.25) is 0 Å². The Balaban J connectivity index is 2.14. The fourth-order valence-electron chi connectivity index (χ4n) is 2.06. The highest BCUT2D eigenvalue weighted by molar-refractivity contribution is 6.06. The molecule has 0 atom stereocenters. The molecule has 0 spiro atoms. The number of carbonyl (C=O) groups excluding carboxylic acids is 1. The molecule has 2 amide bonds. The first kappa shape index (κ1) is 13.2. The van der Waals surface area contributed by atoms with Crippen molar-refractivity contribution in [1.82, 2.24) is 5.32 Å². The first-order chi connectivity index (χ1) is 9.11. The fraction of sp³-hybridized carbons (Fsp3) is 0.385. The lowest BCUT2D eigenvalue weighted by Crippen LogP contribution is -2.42. The van der Waals surface area contributed by atoms with Gasteiger partial charge in [0.05, 0.1) is 5.69 Å². The number of nitrogens with one attached hydrogen (secondary N) is 2. The molecule has 1 aromatic rings. The number of nitrogens with zero attached hydrogens (tertiary/aromatic N) is 1. The molecule has 0 radical (unpaired) electrons. The van der Waals surface area contributed by atoms with Crippen LogP contribution in [0.15, 0.2) is 23.4 Å². The molecule has 0 saturated heterocycles. The van der Waals surface area contributed by atoms with Crippen LogP contribution in [0.3, 0.4) is 0 Å². The summed E-state index contributed by atoms with van der Waals surface area (Å²) in [5.74, 6) is -0.0166. The summed E-state index contributed by atoms with van der Waals surface area (Å²) in [6.45, 7) is 1.84. The number of oxime groups is 1. The number of amidine groups is 1. The smallest absolute Gasteiger partial charge is 0.319 e. The summed E-state index contributed by atoms with van der Waals surface area (Å²) >= 11 is 0. The largest absolute Gasteiger partial charge is 0.409 e. The Hall–Kier alpha value is -2.24. The second kappa shape index (κ2) is 5.60. The minimum atomic E-state index is -0.262. The van der Waals surface area contributed by atoms with Gasteiger partial charge in [-0.25, -0.2) is 4.79 Å². The monoisotopic (exact) mass is 262 g/mol. The highest BCUT2D eigenvalue weighted by Crippen LogP contribution is 2.21. The molecule has 19 heavy (non-hydrogen) atoms. The summed E-state index contributed by atoms with van der Waals surface area (Å²) in [6.07, 6.45) is 3.20. The number of carbonyl (C=O) groups is 1. The van der Waals surface area contributed by atoms with Crippen molar-refractivity contribution >= 4 is 17.6 Å². The Kier molecular flexibility index (Phi) is 3.89. The van der Waals surface area contributed by atoms with E-state index >= 15 is 0 Å². The van der Waals surface area contributed by atoms with Crippen LogP contribution in [0.1, 0.15) is 30.4 Å². The van der Waals surface area contributed by atoms with E-state index < -0.39 is 0 Å². The Morgan fingerprint density at radius 2 is 2.21 bits per heavy atom. The topological polar surface area (TPSA) is 99.7 Å².